The van der Waals surface area contributed by atoms with Gasteiger partial charge in [-0.1, -0.05) is 18.1 Å². The van der Waals surface area contributed by atoms with Crippen molar-refractivity contribution in [2.45, 2.75) is 25.8 Å². The van der Waals surface area contributed by atoms with E-state index < -0.39 is 0 Å². The Labute approximate surface area is 92.9 Å². The van der Waals surface area contributed by atoms with Crippen LogP contribution in [0.1, 0.15) is 19.0 Å². The maximum atomic E-state index is 5.85. The third-order valence-electron chi connectivity index (χ3n) is 2.32. The van der Waals surface area contributed by atoms with Gasteiger partial charge in [-0.2, -0.15) is 0 Å². The highest BCUT2D eigenvalue weighted by atomic mass is 32.1. The van der Waals surface area contributed by atoms with Crippen molar-refractivity contribution in [1.29, 1.82) is 0 Å². The molecule has 0 saturated carbocycles. The first-order chi connectivity index (χ1) is 7.29. The summed E-state index contributed by atoms with van der Waals surface area (Å²) in [6.45, 7) is 2.07. The Hall–Kier alpha value is -1.13. The maximum absolute atomic E-state index is 5.85. The van der Waals surface area contributed by atoms with E-state index in [0.717, 1.165) is 29.2 Å². The zero-order valence-electron chi connectivity index (χ0n) is 8.64. The number of rotatable bonds is 4. The molecule has 0 aromatic carbocycles. The van der Waals surface area contributed by atoms with Gasteiger partial charge in [0.1, 0.15) is 0 Å². The fourth-order valence-electron chi connectivity index (χ4n) is 1.36. The normalized spacial score (nSPS) is 12.9. The van der Waals surface area contributed by atoms with Crippen LogP contribution in [-0.2, 0) is 6.42 Å². The average Bonchev–Trinajstić information content (AvgIpc) is 2.85. The van der Waals surface area contributed by atoms with E-state index in [4.69, 9.17) is 10.3 Å². The van der Waals surface area contributed by atoms with E-state index in [9.17, 15) is 0 Å². The molecule has 1 unspecified atom stereocenters. The fraction of sp³-hybridized carbons (Fsp3) is 0.364. The second-order valence-corrected chi connectivity index (χ2v) is 4.48. The average molecular weight is 222 g/mol. The molecule has 0 aliphatic rings. The molecule has 0 amide bonds. The fourth-order valence-corrected chi connectivity index (χ4v) is 2.03. The van der Waals surface area contributed by atoms with E-state index in [-0.39, 0.29) is 6.04 Å². The Morgan fingerprint density at radius 3 is 3.13 bits per heavy atom. The first-order valence-electron chi connectivity index (χ1n) is 5.04. The van der Waals surface area contributed by atoms with Crippen LogP contribution in [0.5, 0.6) is 0 Å². The highest BCUT2D eigenvalue weighted by Gasteiger charge is 2.09. The van der Waals surface area contributed by atoms with Gasteiger partial charge in [0.05, 0.1) is 10.6 Å². The molecule has 0 fully saturated rings. The lowest BCUT2D eigenvalue weighted by atomic mass is 10.1. The van der Waals surface area contributed by atoms with E-state index in [1.165, 1.54) is 0 Å². The topological polar surface area (TPSA) is 52.0 Å². The molecule has 0 radical (unpaired) electrons. The molecule has 2 aromatic heterocycles. The number of nitrogens with two attached hydrogens (primary N) is 1. The largest absolute Gasteiger partial charge is 0.355 e. The van der Waals surface area contributed by atoms with Crippen LogP contribution in [0.4, 0.5) is 0 Å². The Bertz CT molecular complexity index is 408. The summed E-state index contributed by atoms with van der Waals surface area (Å²) in [5.41, 5.74) is 6.79. The molecular weight excluding hydrogens is 208 g/mol. The van der Waals surface area contributed by atoms with Gasteiger partial charge in [-0.05, 0) is 17.9 Å². The molecule has 1 atom stereocenters. The van der Waals surface area contributed by atoms with Crippen LogP contribution in [0.15, 0.2) is 28.1 Å². The third kappa shape index (κ3) is 2.46. The number of hydrogen-bond donors (Lipinski definition) is 1. The number of hydrogen-bond acceptors (Lipinski definition) is 4. The lowest BCUT2D eigenvalue weighted by molar-refractivity contribution is 0.420. The molecule has 15 heavy (non-hydrogen) atoms. The Morgan fingerprint density at radius 1 is 1.60 bits per heavy atom. The first kappa shape index (κ1) is 10.4. The molecule has 80 valence electrons. The molecule has 2 heterocycles. The summed E-state index contributed by atoms with van der Waals surface area (Å²) in [6.07, 6.45) is 1.74. The summed E-state index contributed by atoms with van der Waals surface area (Å²) in [7, 11) is 0. The maximum Gasteiger partial charge on any atom is 0.177 e. The molecule has 0 aliphatic heterocycles. The third-order valence-corrected chi connectivity index (χ3v) is 3.20. The van der Waals surface area contributed by atoms with E-state index in [0.29, 0.717) is 0 Å². The molecule has 2 aromatic rings. The molecule has 0 saturated heterocycles. The molecule has 0 aliphatic carbocycles. The zero-order chi connectivity index (χ0) is 10.7. The monoisotopic (exact) mass is 222 g/mol. The standard InChI is InChI=1S/C11H14N2OS/c1-2-8(12)6-9-7-10(14-13-9)11-4-3-5-15-11/h3-5,7-8H,2,6,12H2,1H3. The van der Waals surface area contributed by atoms with Gasteiger partial charge in [0, 0.05) is 18.5 Å². The molecular formula is C11H14N2OS. The van der Waals surface area contributed by atoms with Gasteiger partial charge >= 0.3 is 0 Å². The van der Waals surface area contributed by atoms with Crippen LogP contribution in [0.25, 0.3) is 10.6 Å². The van der Waals surface area contributed by atoms with Crippen LogP contribution < -0.4 is 5.73 Å². The highest BCUT2D eigenvalue weighted by molar-refractivity contribution is 7.13. The summed E-state index contributed by atoms with van der Waals surface area (Å²) in [5.74, 6) is 0.836. The minimum Gasteiger partial charge on any atom is -0.355 e. The Balaban J connectivity index is 2.11. The smallest absolute Gasteiger partial charge is 0.177 e. The molecule has 2 rings (SSSR count). The van der Waals surface area contributed by atoms with E-state index in [1.807, 2.05) is 23.6 Å². The van der Waals surface area contributed by atoms with E-state index in [1.54, 1.807) is 11.3 Å². The zero-order valence-corrected chi connectivity index (χ0v) is 9.46. The van der Waals surface area contributed by atoms with Crippen LogP contribution in [0, 0.1) is 0 Å². The lowest BCUT2D eigenvalue weighted by Crippen LogP contribution is -2.21. The minimum atomic E-state index is 0.172. The molecule has 2 N–H and O–H groups in total. The van der Waals surface area contributed by atoms with Gasteiger partial charge in [-0.15, -0.1) is 11.3 Å². The van der Waals surface area contributed by atoms with Gasteiger partial charge in [-0.3, -0.25) is 0 Å². The second-order valence-electron chi connectivity index (χ2n) is 3.53. The molecule has 4 heteroatoms. The summed E-state index contributed by atoms with van der Waals surface area (Å²) in [4.78, 5) is 1.11. The van der Waals surface area contributed by atoms with Crippen molar-refractivity contribution in [2.75, 3.05) is 0 Å². The van der Waals surface area contributed by atoms with Crippen LogP contribution >= 0.6 is 11.3 Å². The van der Waals surface area contributed by atoms with Crippen molar-refractivity contribution in [3.63, 3.8) is 0 Å². The van der Waals surface area contributed by atoms with Crippen molar-refractivity contribution in [1.82, 2.24) is 5.16 Å². The van der Waals surface area contributed by atoms with Crippen molar-refractivity contribution in [3.8, 4) is 10.6 Å². The van der Waals surface area contributed by atoms with Gasteiger partial charge in [0.15, 0.2) is 5.76 Å². The van der Waals surface area contributed by atoms with Crippen molar-refractivity contribution in [2.24, 2.45) is 5.73 Å². The molecule has 0 spiro atoms. The Kier molecular flexibility index (Phi) is 3.18. The summed E-state index contributed by atoms with van der Waals surface area (Å²) in [6, 6.07) is 6.17. The SMILES string of the molecule is CCC(N)Cc1cc(-c2cccs2)on1. The van der Waals surface area contributed by atoms with Gasteiger partial charge in [0.2, 0.25) is 0 Å². The van der Waals surface area contributed by atoms with Crippen molar-refractivity contribution < 1.29 is 4.52 Å². The quantitative estimate of drug-likeness (QED) is 0.865. The van der Waals surface area contributed by atoms with Crippen LogP contribution in [0.2, 0.25) is 0 Å². The molecule has 0 bridgehead atoms. The number of aromatic nitrogens is 1. The highest BCUT2D eigenvalue weighted by Crippen LogP contribution is 2.25. The van der Waals surface area contributed by atoms with Crippen LogP contribution in [-0.4, -0.2) is 11.2 Å². The minimum absolute atomic E-state index is 0.172. The Morgan fingerprint density at radius 2 is 2.47 bits per heavy atom. The summed E-state index contributed by atoms with van der Waals surface area (Å²) in [5, 5.41) is 6.03. The van der Waals surface area contributed by atoms with Crippen molar-refractivity contribution in [3.05, 3.63) is 29.3 Å². The van der Waals surface area contributed by atoms with E-state index in [2.05, 4.69) is 12.1 Å². The van der Waals surface area contributed by atoms with Gasteiger partial charge in [-0.25, -0.2) is 0 Å². The van der Waals surface area contributed by atoms with Crippen molar-refractivity contribution >= 4 is 11.3 Å². The summed E-state index contributed by atoms with van der Waals surface area (Å²) >= 11 is 1.65. The molecule has 3 nitrogen and oxygen atoms in total. The van der Waals surface area contributed by atoms with E-state index >= 15 is 0 Å². The van der Waals surface area contributed by atoms with Gasteiger partial charge < -0.3 is 10.3 Å². The number of nitrogens with zero attached hydrogens (tertiary/aromatic N) is 1. The predicted octanol–water partition coefficient (Wildman–Crippen LogP) is 2.68. The number of thiophene rings is 1. The van der Waals surface area contributed by atoms with Gasteiger partial charge in [0.25, 0.3) is 0 Å². The predicted molar refractivity (Wildman–Crippen MR) is 61.8 cm³/mol. The lowest BCUT2D eigenvalue weighted by Gasteiger charge is -2.03. The first-order valence-corrected chi connectivity index (χ1v) is 5.92. The second kappa shape index (κ2) is 4.59. The van der Waals surface area contributed by atoms with Crippen LogP contribution in [0.3, 0.4) is 0 Å². The summed E-state index contributed by atoms with van der Waals surface area (Å²) < 4.78 is 5.26.